The minimum atomic E-state index is -0.323. The second kappa shape index (κ2) is 3.32. The van der Waals surface area contributed by atoms with Crippen molar-refractivity contribution in [3.8, 4) is 0 Å². The lowest BCUT2D eigenvalue weighted by Crippen LogP contribution is -2.25. The van der Waals surface area contributed by atoms with Gasteiger partial charge in [0.1, 0.15) is 12.2 Å². The van der Waals surface area contributed by atoms with Crippen LogP contribution in [0.1, 0.15) is 20.3 Å². The standard InChI is InChI=1S/C8H14O3/c1-4-6-8(11-6)7(9)5(2)10-3/h5-6,8H,4H2,1-3H3. The van der Waals surface area contributed by atoms with Crippen molar-refractivity contribution >= 4 is 5.78 Å². The third kappa shape index (κ3) is 1.79. The molecule has 3 atom stereocenters. The van der Waals surface area contributed by atoms with Gasteiger partial charge in [0.2, 0.25) is 0 Å². The van der Waals surface area contributed by atoms with Crippen LogP contribution in [0.25, 0.3) is 0 Å². The van der Waals surface area contributed by atoms with Crippen LogP contribution in [-0.4, -0.2) is 31.2 Å². The zero-order valence-corrected chi connectivity index (χ0v) is 7.16. The molecule has 0 amide bonds. The zero-order chi connectivity index (χ0) is 8.43. The quantitative estimate of drug-likeness (QED) is 0.567. The van der Waals surface area contributed by atoms with Crippen LogP contribution < -0.4 is 0 Å². The fraction of sp³-hybridized carbons (Fsp3) is 0.875. The molecule has 0 bridgehead atoms. The van der Waals surface area contributed by atoms with E-state index in [9.17, 15) is 4.79 Å². The predicted octanol–water partition coefficient (Wildman–Crippen LogP) is 0.768. The Morgan fingerprint density at radius 2 is 2.36 bits per heavy atom. The number of methoxy groups -OCH3 is 1. The van der Waals surface area contributed by atoms with E-state index in [1.165, 1.54) is 7.11 Å². The summed E-state index contributed by atoms with van der Waals surface area (Å²) in [6.45, 7) is 3.76. The Hall–Kier alpha value is -0.410. The molecule has 0 aromatic rings. The molecule has 0 radical (unpaired) electrons. The first-order valence-corrected chi connectivity index (χ1v) is 3.92. The first-order valence-electron chi connectivity index (χ1n) is 3.92. The molecular formula is C8H14O3. The van der Waals surface area contributed by atoms with E-state index in [-0.39, 0.29) is 24.1 Å². The highest BCUT2D eigenvalue weighted by Gasteiger charge is 2.44. The van der Waals surface area contributed by atoms with E-state index in [0.717, 1.165) is 6.42 Å². The summed E-state index contributed by atoms with van der Waals surface area (Å²) in [5.41, 5.74) is 0. The second-order valence-corrected chi connectivity index (χ2v) is 2.78. The van der Waals surface area contributed by atoms with Gasteiger partial charge in [-0.1, -0.05) is 6.92 Å². The summed E-state index contributed by atoms with van der Waals surface area (Å²) in [5.74, 6) is 0.0688. The number of rotatable bonds is 4. The number of epoxide rings is 1. The third-order valence-electron chi connectivity index (χ3n) is 2.02. The summed E-state index contributed by atoms with van der Waals surface area (Å²) in [7, 11) is 1.53. The second-order valence-electron chi connectivity index (χ2n) is 2.78. The Balaban J connectivity index is 2.33. The van der Waals surface area contributed by atoms with Gasteiger partial charge >= 0.3 is 0 Å². The Morgan fingerprint density at radius 3 is 2.73 bits per heavy atom. The molecule has 1 fully saturated rings. The minimum absolute atomic E-state index is 0.0688. The van der Waals surface area contributed by atoms with Gasteiger partial charge in [-0.3, -0.25) is 4.79 Å². The molecule has 1 aliphatic rings. The average Bonchev–Trinajstić information content (AvgIpc) is 2.80. The third-order valence-corrected chi connectivity index (χ3v) is 2.02. The number of hydrogen-bond acceptors (Lipinski definition) is 3. The highest BCUT2D eigenvalue weighted by Crippen LogP contribution is 2.26. The molecule has 0 spiro atoms. The normalized spacial score (nSPS) is 31.5. The molecular weight excluding hydrogens is 144 g/mol. The molecule has 64 valence electrons. The van der Waals surface area contributed by atoms with E-state index in [2.05, 4.69) is 0 Å². The Labute approximate surface area is 66.7 Å². The van der Waals surface area contributed by atoms with Gasteiger partial charge in [-0.2, -0.15) is 0 Å². The summed E-state index contributed by atoms with van der Waals surface area (Å²) >= 11 is 0. The van der Waals surface area contributed by atoms with E-state index < -0.39 is 0 Å². The van der Waals surface area contributed by atoms with Crippen LogP contribution in [0.2, 0.25) is 0 Å². The van der Waals surface area contributed by atoms with Crippen molar-refractivity contribution in [2.24, 2.45) is 0 Å². The number of carbonyl (C=O) groups excluding carboxylic acids is 1. The molecule has 0 aliphatic carbocycles. The summed E-state index contributed by atoms with van der Waals surface area (Å²) in [6.07, 6.45) is 0.555. The molecule has 1 saturated heterocycles. The molecule has 0 saturated carbocycles. The molecule has 1 heterocycles. The van der Waals surface area contributed by atoms with Crippen LogP contribution in [0.15, 0.2) is 0 Å². The van der Waals surface area contributed by atoms with Crippen molar-refractivity contribution in [3.63, 3.8) is 0 Å². The maximum atomic E-state index is 11.3. The number of ketones is 1. The Bertz CT molecular complexity index is 155. The molecule has 3 heteroatoms. The van der Waals surface area contributed by atoms with E-state index in [0.29, 0.717) is 0 Å². The minimum Gasteiger partial charge on any atom is -0.374 e. The van der Waals surface area contributed by atoms with Crippen molar-refractivity contribution in [2.45, 2.75) is 38.6 Å². The van der Waals surface area contributed by atoms with Crippen molar-refractivity contribution in [2.75, 3.05) is 7.11 Å². The average molecular weight is 158 g/mol. The lowest BCUT2D eigenvalue weighted by Gasteiger charge is -2.04. The molecule has 11 heavy (non-hydrogen) atoms. The van der Waals surface area contributed by atoms with Gasteiger partial charge in [0.25, 0.3) is 0 Å². The van der Waals surface area contributed by atoms with Crippen LogP contribution in [0.4, 0.5) is 0 Å². The SMILES string of the molecule is CCC1OC1C(=O)C(C)OC. The summed E-state index contributed by atoms with van der Waals surface area (Å²) in [4.78, 5) is 11.3. The van der Waals surface area contributed by atoms with Gasteiger partial charge in [-0.15, -0.1) is 0 Å². The van der Waals surface area contributed by atoms with E-state index in [1.54, 1.807) is 6.92 Å². The van der Waals surface area contributed by atoms with Gasteiger partial charge < -0.3 is 9.47 Å². The van der Waals surface area contributed by atoms with Crippen molar-refractivity contribution in [3.05, 3.63) is 0 Å². The fourth-order valence-corrected chi connectivity index (χ4v) is 1.05. The summed E-state index contributed by atoms with van der Waals surface area (Å²) in [6, 6.07) is 0. The first-order chi connectivity index (χ1) is 5.20. The largest absolute Gasteiger partial charge is 0.374 e. The molecule has 1 aliphatic heterocycles. The topological polar surface area (TPSA) is 38.8 Å². The van der Waals surface area contributed by atoms with Gasteiger partial charge in [0.05, 0.1) is 6.10 Å². The molecule has 0 aromatic carbocycles. The van der Waals surface area contributed by atoms with Gasteiger partial charge in [0.15, 0.2) is 5.78 Å². The lowest BCUT2D eigenvalue weighted by molar-refractivity contribution is -0.129. The summed E-state index contributed by atoms with van der Waals surface area (Å²) in [5, 5.41) is 0. The number of hydrogen-bond donors (Lipinski definition) is 0. The van der Waals surface area contributed by atoms with E-state index >= 15 is 0 Å². The van der Waals surface area contributed by atoms with Crippen LogP contribution in [0, 0.1) is 0 Å². The van der Waals surface area contributed by atoms with Crippen molar-refractivity contribution in [1.82, 2.24) is 0 Å². The first kappa shape index (κ1) is 8.68. The van der Waals surface area contributed by atoms with Crippen LogP contribution in [0.5, 0.6) is 0 Å². The van der Waals surface area contributed by atoms with E-state index in [4.69, 9.17) is 9.47 Å². The van der Waals surface area contributed by atoms with Crippen molar-refractivity contribution < 1.29 is 14.3 Å². The highest BCUT2D eigenvalue weighted by atomic mass is 16.6. The Kier molecular flexibility index (Phi) is 2.62. The molecule has 3 nitrogen and oxygen atoms in total. The van der Waals surface area contributed by atoms with Crippen molar-refractivity contribution in [1.29, 1.82) is 0 Å². The summed E-state index contributed by atoms with van der Waals surface area (Å²) < 4.78 is 10.00. The van der Waals surface area contributed by atoms with E-state index in [1.807, 2.05) is 6.92 Å². The molecule has 1 rings (SSSR count). The van der Waals surface area contributed by atoms with Gasteiger partial charge in [-0.05, 0) is 13.3 Å². The monoisotopic (exact) mass is 158 g/mol. The van der Waals surface area contributed by atoms with Gasteiger partial charge in [-0.25, -0.2) is 0 Å². The van der Waals surface area contributed by atoms with Crippen LogP contribution >= 0.6 is 0 Å². The zero-order valence-electron chi connectivity index (χ0n) is 7.16. The lowest BCUT2D eigenvalue weighted by atomic mass is 10.1. The van der Waals surface area contributed by atoms with Crippen LogP contribution in [-0.2, 0) is 14.3 Å². The fourth-order valence-electron chi connectivity index (χ4n) is 1.05. The number of Topliss-reactive ketones (excluding diaryl/α,β-unsaturated/α-hetero) is 1. The molecule has 0 aromatic heterocycles. The highest BCUT2D eigenvalue weighted by molar-refractivity contribution is 5.89. The maximum Gasteiger partial charge on any atom is 0.192 e. The smallest absolute Gasteiger partial charge is 0.192 e. The molecule has 0 N–H and O–H groups in total. The number of ether oxygens (including phenoxy) is 2. The van der Waals surface area contributed by atoms with Gasteiger partial charge in [0, 0.05) is 7.11 Å². The van der Waals surface area contributed by atoms with Crippen LogP contribution in [0.3, 0.4) is 0 Å². The molecule has 3 unspecified atom stereocenters. The number of carbonyl (C=O) groups is 1. The maximum absolute atomic E-state index is 11.3. The Morgan fingerprint density at radius 1 is 1.73 bits per heavy atom. The predicted molar refractivity (Wildman–Crippen MR) is 40.4 cm³/mol.